The molecule has 4 rings (SSSR count). The maximum Gasteiger partial charge on any atom is 0.120 e. The molecule has 2 aromatic carbocycles. The Labute approximate surface area is 161 Å². The van der Waals surface area contributed by atoms with Gasteiger partial charge in [-0.25, -0.2) is 0 Å². The maximum atomic E-state index is 10.1. The van der Waals surface area contributed by atoms with Crippen molar-refractivity contribution in [2.24, 2.45) is 7.05 Å². The van der Waals surface area contributed by atoms with E-state index in [9.17, 15) is 5.11 Å². The van der Waals surface area contributed by atoms with E-state index in [0.29, 0.717) is 0 Å². The summed E-state index contributed by atoms with van der Waals surface area (Å²) >= 11 is 0. The van der Waals surface area contributed by atoms with Crippen molar-refractivity contribution in [3.05, 3.63) is 71.4 Å². The van der Waals surface area contributed by atoms with Gasteiger partial charge >= 0.3 is 0 Å². The molecule has 0 amide bonds. The van der Waals surface area contributed by atoms with Crippen LogP contribution in [0.25, 0.3) is 10.9 Å². The molecule has 0 fully saturated rings. The predicted molar refractivity (Wildman–Crippen MR) is 110 cm³/mol. The maximum absolute atomic E-state index is 10.1. The average Bonchev–Trinajstić information content (AvgIpc) is 2.96. The number of aromatic nitrogens is 1. The molecular weight excluding hydrogens is 332 g/mol. The van der Waals surface area contributed by atoms with E-state index in [2.05, 4.69) is 83.1 Å². The van der Waals surface area contributed by atoms with Crippen molar-refractivity contribution in [1.29, 1.82) is 0 Å². The predicted octanol–water partition coefficient (Wildman–Crippen LogP) is 4.05. The molecule has 3 heteroatoms. The fourth-order valence-electron chi connectivity index (χ4n) is 3.97. The summed E-state index contributed by atoms with van der Waals surface area (Å²) in [7, 11) is 2.10. The van der Waals surface area contributed by atoms with Gasteiger partial charge in [-0.3, -0.25) is 4.90 Å². The average molecular weight is 358 g/mol. The molecule has 3 aromatic rings. The summed E-state index contributed by atoms with van der Waals surface area (Å²) in [6.07, 6.45) is 3.26. The number of benzene rings is 2. The summed E-state index contributed by atoms with van der Waals surface area (Å²) in [6, 6.07) is 17.1. The van der Waals surface area contributed by atoms with Crippen molar-refractivity contribution in [1.82, 2.24) is 9.47 Å². The highest BCUT2D eigenvalue weighted by molar-refractivity contribution is 5.83. The van der Waals surface area contributed by atoms with Gasteiger partial charge in [-0.2, -0.15) is 0 Å². The Balaban J connectivity index is 1.73. The van der Waals surface area contributed by atoms with E-state index in [1.165, 1.54) is 27.6 Å². The largest absolute Gasteiger partial charge is 0.378 e. The van der Waals surface area contributed by atoms with Crippen molar-refractivity contribution in [2.45, 2.75) is 38.5 Å². The molecule has 0 aliphatic carbocycles. The van der Waals surface area contributed by atoms with E-state index < -0.39 is 5.60 Å². The second-order valence-corrected chi connectivity index (χ2v) is 7.93. The normalized spacial score (nSPS) is 17.4. The molecule has 1 aliphatic rings. The summed E-state index contributed by atoms with van der Waals surface area (Å²) < 4.78 is 2.19. The topological polar surface area (TPSA) is 28.4 Å². The van der Waals surface area contributed by atoms with Gasteiger partial charge in [-0.05, 0) is 43.0 Å². The lowest BCUT2D eigenvalue weighted by Gasteiger charge is -2.34. The fourth-order valence-corrected chi connectivity index (χ4v) is 3.97. The molecule has 2 heterocycles. The van der Waals surface area contributed by atoms with Crippen LogP contribution in [0.2, 0.25) is 0 Å². The van der Waals surface area contributed by atoms with Crippen molar-refractivity contribution < 1.29 is 5.11 Å². The first-order valence-electron chi connectivity index (χ1n) is 9.52. The molecule has 1 aromatic heterocycles. The minimum Gasteiger partial charge on any atom is -0.378 e. The third kappa shape index (κ3) is 3.64. The third-order valence-corrected chi connectivity index (χ3v) is 5.25. The van der Waals surface area contributed by atoms with Crippen molar-refractivity contribution >= 4 is 10.9 Å². The lowest BCUT2D eigenvalue weighted by Crippen LogP contribution is -2.34. The van der Waals surface area contributed by atoms with Gasteiger partial charge in [0.05, 0.1) is 6.04 Å². The van der Waals surface area contributed by atoms with E-state index >= 15 is 0 Å². The molecule has 0 bridgehead atoms. The quantitative estimate of drug-likeness (QED) is 0.700. The van der Waals surface area contributed by atoms with Crippen LogP contribution in [0.15, 0.2) is 54.7 Å². The van der Waals surface area contributed by atoms with Crippen molar-refractivity contribution in [3.8, 4) is 11.8 Å². The first-order valence-corrected chi connectivity index (χ1v) is 9.52. The van der Waals surface area contributed by atoms with Crippen LogP contribution >= 0.6 is 0 Å². The van der Waals surface area contributed by atoms with Crippen LogP contribution in [0.5, 0.6) is 0 Å². The zero-order valence-electron chi connectivity index (χ0n) is 16.2. The standard InChI is InChI=1S/C24H26N2O/c1-24(2,27)14-12-23-20-9-5-4-8-18(20)13-15-26(23)17-19-16-25(3)22-11-7-6-10-21(19)22/h4-11,16,23,27H,13,15,17H2,1-3H3/t23-/m0/s1. The molecule has 0 saturated heterocycles. The van der Waals surface area contributed by atoms with Crippen LogP contribution in [-0.2, 0) is 20.0 Å². The highest BCUT2D eigenvalue weighted by atomic mass is 16.3. The summed E-state index contributed by atoms with van der Waals surface area (Å²) in [4.78, 5) is 2.43. The number of hydrogen-bond donors (Lipinski definition) is 1. The number of nitrogens with zero attached hydrogens (tertiary/aromatic N) is 2. The molecule has 0 saturated carbocycles. The van der Waals surface area contributed by atoms with E-state index in [1.54, 1.807) is 13.8 Å². The minimum absolute atomic E-state index is 0.000318. The van der Waals surface area contributed by atoms with E-state index in [-0.39, 0.29) is 6.04 Å². The summed E-state index contributed by atoms with van der Waals surface area (Å²) in [5.74, 6) is 6.41. The molecule has 0 spiro atoms. The first-order chi connectivity index (χ1) is 12.9. The third-order valence-electron chi connectivity index (χ3n) is 5.25. The monoisotopic (exact) mass is 358 g/mol. The summed E-state index contributed by atoms with van der Waals surface area (Å²) in [5, 5.41) is 11.4. The van der Waals surface area contributed by atoms with Crippen LogP contribution in [0, 0.1) is 11.8 Å². The molecule has 1 aliphatic heterocycles. The second-order valence-electron chi connectivity index (χ2n) is 7.93. The van der Waals surface area contributed by atoms with Gasteiger partial charge in [0.2, 0.25) is 0 Å². The van der Waals surface area contributed by atoms with E-state index in [0.717, 1.165) is 19.5 Å². The molecule has 1 N–H and O–H groups in total. The van der Waals surface area contributed by atoms with Gasteiger partial charge in [0.15, 0.2) is 0 Å². The number of para-hydroxylation sites is 1. The zero-order chi connectivity index (χ0) is 19.0. The lowest BCUT2D eigenvalue weighted by atomic mass is 9.92. The fraction of sp³-hybridized carbons (Fsp3) is 0.333. The highest BCUT2D eigenvalue weighted by Gasteiger charge is 2.27. The van der Waals surface area contributed by atoms with Gasteiger partial charge < -0.3 is 9.67 Å². The minimum atomic E-state index is -0.989. The molecule has 3 nitrogen and oxygen atoms in total. The van der Waals surface area contributed by atoms with Crippen LogP contribution in [0.3, 0.4) is 0 Å². The molecule has 0 unspecified atom stereocenters. The Morgan fingerprint density at radius 1 is 1.11 bits per heavy atom. The Morgan fingerprint density at radius 2 is 1.85 bits per heavy atom. The Morgan fingerprint density at radius 3 is 2.67 bits per heavy atom. The van der Waals surface area contributed by atoms with Gasteiger partial charge in [0.25, 0.3) is 0 Å². The van der Waals surface area contributed by atoms with E-state index in [1.807, 2.05) is 0 Å². The lowest BCUT2D eigenvalue weighted by molar-refractivity contribution is 0.142. The number of rotatable bonds is 2. The van der Waals surface area contributed by atoms with E-state index in [4.69, 9.17) is 0 Å². The molecule has 0 radical (unpaired) electrons. The van der Waals surface area contributed by atoms with Crippen LogP contribution < -0.4 is 0 Å². The SMILES string of the molecule is Cn1cc(CN2CCc3ccccc3[C@@H]2C#CC(C)(C)O)c2ccccc21. The zero-order valence-corrected chi connectivity index (χ0v) is 16.2. The molecule has 27 heavy (non-hydrogen) atoms. The van der Waals surface area contributed by atoms with Gasteiger partial charge in [-0.15, -0.1) is 0 Å². The van der Waals surface area contributed by atoms with Crippen molar-refractivity contribution in [3.63, 3.8) is 0 Å². The molecule has 1 atom stereocenters. The summed E-state index contributed by atoms with van der Waals surface area (Å²) in [6.45, 7) is 5.29. The second kappa shape index (κ2) is 6.88. The Kier molecular flexibility index (Phi) is 4.55. The molecule has 138 valence electrons. The van der Waals surface area contributed by atoms with Gasteiger partial charge in [0, 0.05) is 37.2 Å². The number of aryl methyl sites for hydroxylation is 1. The molecular formula is C24H26N2O. The van der Waals surface area contributed by atoms with Crippen LogP contribution in [0.1, 0.15) is 36.6 Å². The summed E-state index contributed by atoms with van der Waals surface area (Å²) in [5.41, 5.74) is 4.21. The van der Waals surface area contributed by atoms with Crippen LogP contribution in [0.4, 0.5) is 0 Å². The van der Waals surface area contributed by atoms with Crippen LogP contribution in [-0.4, -0.2) is 26.7 Å². The number of fused-ring (bicyclic) bond motifs is 2. The Bertz CT molecular complexity index is 1030. The van der Waals surface area contributed by atoms with Crippen molar-refractivity contribution in [2.75, 3.05) is 6.54 Å². The first kappa shape index (κ1) is 17.9. The Hall–Kier alpha value is -2.54. The smallest absolute Gasteiger partial charge is 0.120 e. The van der Waals surface area contributed by atoms with Gasteiger partial charge in [0.1, 0.15) is 5.60 Å². The highest BCUT2D eigenvalue weighted by Crippen LogP contribution is 2.32. The van der Waals surface area contributed by atoms with Gasteiger partial charge in [-0.1, -0.05) is 54.3 Å². The number of hydrogen-bond acceptors (Lipinski definition) is 2. The number of aliphatic hydroxyl groups is 1.